The van der Waals surface area contributed by atoms with Crippen LogP contribution in [-0.2, 0) is 9.53 Å². The van der Waals surface area contributed by atoms with Gasteiger partial charge in [-0.3, -0.25) is 4.79 Å². The van der Waals surface area contributed by atoms with Crippen molar-refractivity contribution in [2.45, 2.75) is 26.3 Å². The summed E-state index contributed by atoms with van der Waals surface area (Å²) in [4.78, 5) is 11.7. The van der Waals surface area contributed by atoms with Crippen LogP contribution in [-0.4, -0.2) is 38.9 Å². The zero-order chi connectivity index (χ0) is 14.8. The average Bonchev–Trinajstić information content (AvgIpc) is 2.47. The van der Waals surface area contributed by atoms with Crippen LogP contribution in [0.25, 0.3) is 0 Å². The Balaban J connectivity index is 2.49. The summed E-state index contributed by atoms with van der Waals surface area (Å²) >= 11 is 0. The van der Waals surface area contributed by atoms with Gasteiger partial charge in [0.15, 0.2) is 11.5 Å². The highest BCUT2D eigenvalue weighted by Gasteiger charge is 2.18. The summed E-state index contributed by atoms with van der Waals surface area (Å²) in [5.41, 5.74) is 0. The van der Waals surface area contributed by atoms with E-state index < -0.39 is 0 Å². The highest BCUT2D eigenvalue weighted by atomic mass is 16.5. The fraction of sp³-hybridized carbons (Fsp3) is 0.533. The third-order valence-electron chi connectivity index (χ3n) is 2.75. The van der Waals surface area contributed by atoms with E-state index in [0.717, 1.165) is 0 Å². The van der Waals surface area contributed by atoms with E-state index in [0.29, 0.717) is 37.7 Å². The summed E-state index contributed by atoms with van der Waals surface area (Å²) in [6.45, 7) is 5.25. The molecule has 5 nitrogen and oxygen atoms in total. The van der Waals surface area contributed by atoms with Crippen molar-refractivity contribution in [3.63, 3.8) is 0 Å². The van der Waals surface area contributed by atoms with Crippen LogP contribution >= 0.6 is 0 Å². The van der Waals surface area contributed by atoms with Crippen LogP contribution in [0.15, 0.2) is 24.3 Å². The largest absolute Gasteiger partial charge is 0.493 e. The fourth-order valence-electron chi connectivity index (χ4n) is 1.82. The minimum absolute atomic E-state index is 0.238. The van der Waals surface area contributed by atoms with Crippen molar-refractivity contribution in [2.75, 3.05) is 26.9 Å². The Labute approximate surface area is 120 Å². The van der Waals surface area contributed by atoms with E-state index in [4.69, 9.17) is 14.2 Å². The molecule has 0 aliphatic rings. The number of para-hydroxylation sites is 2. The number of esters is 1. The van der Waals surface area contributed by atoms with Gasteiger partial charge in [0.05, 0.1) is 20.3 Å². The molecule has 1 rings (SSSR count). The first-order valence-corrected chi connectivity index (χ1v) is 6.88. The van der Waals surface area contributed by atoms with E-state index in [1.165, 1.54) is 0 Å². The van der Waals surface area contributed by atoms with Crippen molar-refractivity contribution in [2.24, 2.45) is 0 Å². The first-order valence-electron chi connectivity index (χ1n) is 6.88. The second kappa shape index (κ2) is 9.20. The molecule has 1 atom stereocenters. The van der Waals surface area contributed by atoms with Crippen LogP contribution in [0.4, 0.5) is 0 Å². The van der Waals surface area contributed by atoms with Crippen LogP contribution in [0, 0.1) is 0 Å². The number of carbonyl (C=O) groups excluding carboxylic acids is 1. The normalized spacial score (nSPS) is 11.8. The Morgan fingerprint density at radius 1 is 1.25 bits per heavy atom. The van der Waals surface area contributed by atoms with Gasteiger partial charge in [-0.1, -0.05) is 19.1 Å². The third-order valence-corrected chi connectivity index (χ3v) is 2.75. The summed E-state index contributed by atoms with van der Waals surface area (Å²) in [6, 6.07) is 7.10. The monoisotopic (exact) mass is 281 g/mol. The van der Waals surface area contributed by atoms with Crippen LogP contribution in [0.5, 0.6) is 11.5 Å². The lowest BCUT2D eigenvalue weighted by molar-refractivity contribution is -0.146. The number of carbonyl (C=O) groups is 1. The molecule has 0 aliphatic heterocycles. The van der Waals surface area contributed by atoms with Gasteiger partial charge in [0.25, 0.3) is 0 Å². The molecular weight excluding hydrogens is 258 g/mol. The predicted molar refractivity (Wildman–Crippen MR) is 77.2 cm³/mol. The Bertz CT molecular complexity index is 409. The van der Waals surface area contributed by atoms with E-state index in [1.54, 1.807) is 14.0 Å². The molecule has 0 bridgehead atoms. The first-order chi connectivity index (χ1) is 9.72. The molecule has 112 valence electrons. The zero-order valence-electron chi connectivity index (χ0n) is 12.3. The Kier molecular flexibility index (Phi) is 7.50. The number of benzene rings is 1. The molecule has 0 spiro atoms. The maximum atomic E-state index is 11.7. The Morgan fingerprint density at radius 2 is 1.95 bits per heavy atom. The van der Waals surface area contributed by atoms with E-state index in [9.17, 15) is 4.79 Å². The van der Waals surface area contributed by atoms with Crippen molar-refractivity contribution in [1.82, 2.24) is 5.32 Å². The van der Waals surface area contributed by atoms with Crippen molar-refractivity contribution >= 4 is 5.97 Å². The molecular formula is C15H23NO4. The molecule has 1 aromatic carbocycles. The van der Waals surface area contributed by atoms with Crippen LogP contribution in [0.1, 0.15) is 20.3 Å². The van der Waals surface area contributed by atoms with Gasteiger partial charge in [-0.25, -0.2) is 0 Å². The number of methoxy groups -OCH3 is 1. The molecule has 0 aliphatic carbocycles. The second-order valence-electron chi connectivity index (χ2n) is 4.15. The van der Waals surface area contributed by atoms with Crippen molar-refractivity contribution in [3.8, 4) is 11.5 Å². The number of ether oxygens (including phenoxy) is 3. The molecule has 0 radical (unpaired) electrons. The van der Waals surface area contributed by atoms with Gasteiger partial charge in [-0.15, -0.1) is 0 Å². The number of nitrogens with one attached hydrogen (secondary N) is 1. The Morgan fingerprint density at radius 3 is 2.55 bits per heavy atom. The molecule has 0 heterocycles. The minimum atomic E-state index is -0.338. The number of hydrogen-bond donors (Lipinski definition) is 1. The summed E-state index contributed by atoms with van der Waals surface area (Å²) in [7, 11) is 1.60. The standard InChI is InChI=1S/C15H23NO4/c1-4-16-12(15(17)19-5-2)10-11-20-14-9-7-6-8-13(14)18-3/h6-9,12,16H,4-5,10-11H2,1-3H3. The summed E-state index contributed by atoms with van der Waals surface area (Å²) in [5, 5.41) is 3.10. The van der Waals surface area contributed by atoms with Crippen molar-refractivity contribution in [3.05, 3.63) is 24.3 Å². The van der Waals surface area contributed by atoms with Crippen LogP contribution in [0.3, 0.4) is 0 Å². The predicted octanol–water partition coefficient (Wildman–Crippen LogP) is 2.01. The topological polar surface area (TPSA) is 56.8 Å². The zero-order valence-corrected chi connectivity index (χ0v) is 12.3. The molecule has 0 fully saturated rings. The van der Waals surface area contributed by atoms with Crippen molar-refractivity contribution < 1.29 is 19.0 Å². The maximum absolute atomic E-state index is 11.7. The lowest BCUT2D eigenvalue weighted by atomic mass is 10.2. The molecule has 1 N–H and O–H groups in total. The van der Waals surface area contributed by atoms with Gasteiger partial charge in [-0.05, 0) is 25.6 Å². The average molecular weight is 281 g/mol. The van der Waals surface area contributed by atoms with Gasteiger partial charge >= 0.3 is 5.97 Å². The lowest BCUT2D eigenvalue weighted by Crippen LogP contribution is -2.39. The third kappa shape index (κ3) is 5.09. The molecule has 1 aromatic rings. The van der Waals surface area contributed by atoms with Gasteiger partial charge in [0, 0.05) is 6.42 Å². The molecule has 1 unspecified atom stereocenters. The number of hydrogen-bond acceptors (Lipinski definition) is 5. The van der Waals surface area contributed by atoms with Crippen LogP contribution < -0.4 is 14.8 Å². The van der Waals surface area contributed by atoms with Crippen molar-refractivity contribution in [1.29, 1.82) is 0 Å². The summed E-state index contributed by atoms with van der Waals surface area (Å²) < 4.78 is 15.9. The van der Waals surface area contributed by atoms with Gasteiger partial charge < -0.3 is 19.5 Å². The molecule has 0 saturated heterocycles. The van der Waals surface area contributed by atoms with Gasteiger partial charge in [0.2, 0.25) is 0 Å². The molecule has 0 saturated carbocycles. The molecule has 0 aromatic heterocycles. The van der Waals surface area contributed by atoms with E-state index >= 15 is 0 Å². The van der Waals surface area contributed by atoms with Crippen LogP contribution in [0.2, 0.25) is 0 Å². The maximum Gasteiger partial charge on any atom is 0.323 e. The Hall–Kier alpha value is -1.75. The quantitative estimate of drug-likeness (QED) is 0.702. The SMILES string of the molecule is CCNC(CCOc1ccccc1OC)C(=O)OCC. The molecule has 20 heavy (non-hydrogen) atoms. The molecule has 0 amide bonds. The highest BCUT2D eigenvalue weighted by molar-refractivity contribution is 5.75. The molecule has 5 heteroatoms. The van der Waals surface area contributed by atoms with E-state index in [-0.39, 0.29) is 12.0 Å². The number of likely N-dealkylation sites (N-methyl/N-ethyl adjacent to an activating group) is 1. The lowest BCUT2D eigenvalue weighted by Gasteiger charge is -2.17. The fourth-order valence-corrected chi connectivity index (χ4v) is 1.82. The second-order valence-corrected chi connectivity index (χ2v) is 4.15. The minimum Gasteiger partial charge on any atom is -0.493 e. The first kappa shape index (κ1) is 16.3. The van der Waals surface area contributed by atoms with Gasteiger partial charge in [-0.2, -0.15) is 0 Å². The van der Waals surface area contributed by atoms with Gasteiger partial charge in [0.1, 0.15) is 6.04 Å². The summed E-state index contributed by atoms with van der Waals surface area (Å²) in [6.07, 6.45) is 0.546. The van der Waals surface area contributed by atoms with E-state index in [1.807, 2.05) is 31.2 Å². The number of rotatable bonds is 9. The highest BCUT2D eigenvalue weighted by Crippen LogP contribution is 2.25. The van der Waals surface area contributed by atoms with E-state index in [2.05, 4.69) is 5.32 Å². The summed E-state index contributed by atoms with van der Waals surface area (Å²) in [5.74, 6) is 1.12. The smallest absolute Gasteiger partial charge is 0.323 e.